The Morgan fingerprint density at radius 1 is 1.17 bits per heavy atom. The number of amides is 3. The van der Waals surface area contributed by atoms with Crippen LogP contribution in [-0.4, -0.2) is 70.2 Å². The molecule has 3 saturated heterocycles. The minimum atomic E-state index is -1.08. The summed E-state index contributed by atoms with van der Waals surface area (Å²) in [6.45, 7) is 7.96. The Hall–Kier alpha value is -2.45. The fraction of sp³-hybridized carbons (Fsp3) is 0.667. The molecule has 3 aliphatic rings. The van der Waals surface area contributed by atoms with Gasteiger partial charge in [-0.1, -0.05) is 44.2 Å². The van der Waals surface area contributed by atoms with Gasteiger partial charge in [0.05, 0.1) is 30.1 Å². The van der Waals surface area contributed by atoms with Crippen molar-refractivity contribution in [1.82, 2.24) is 15.5 Å². The summed E-state index contributed by atoms with van der Waals surface area (Å²) in [5.41, 5.74) is -0.872. The van der Waals surface area contributed by atoms with Gasteiger partial charge in [-0.05, 0) is 51.5 Å². The molecule has 1 aromatic rings. The Bertz CT molecular complexity index is 953. The molecule has 2 unspecified atom stereocenters. The van der Waals surface area contributed by atoms with Crippen LogP contribution in [0.25, 0.3) is 0 Å². The Morgan fingerprint density at radius 2 is 1.89 bits per heavy atom. The fourth-order valence-corrected chi connectivity index (χ4v) is 6.61. The van der Waals surface area contributed by atoms with E-state index in [1.807, 2.05) is 58.0 Å². The van der Waals surface area contributed by atoms with Crippen LogP contribution in [0.15, 0.2) is 30.3 Å². The lowest BCUT2D eigenvalue weighted by molar-refractivity contribution is -0.151. The van der Waals surface area contributed by atoms with Gasteiger partial charge in [-0.2, -0.15) is 0 Å². The van der Waals surface area contributed by atoms with E-state index < -0.39 is 35.1 Å². The highest BCUT2D eigenvalue weighted by Gasteiger charge is 2.79. The van der Waals surface area contributed by atoms with Gasteiger partial charge in [0.15, 0.2) is 0 Å². The highest BCUT2D eigenvalue weighted by Crippen LogP contribution is 2.64. The first-order chi connectivity index (χ1) is 16.7. The summed E-state index contributed by atoms with van der Waals surface area (Å²) in [7, 11) is 0. The fourth-order valence-electron chi connectivity index (χ4n) is 6.61. The highest BCUT2D eigenvalue weighted by molar-refractivity contribution is 5.99. The zero-order chi connectivity index (χ0) is 25.4. The maximum atomic E-state index is 14.2. The molecule has 3 heterocycles. The maximum absolute atomic E-state index is 14.2. The monoisotopic (exact) mass is 485 g/mol. The van der Waals surface area contributed by atoms with Gasteiger partial charge in [0.2, 0.25) is 17.7 Å². The minimum Gasteiger partial charge on any atom is -0.394 e. The van der Waals surface area contributed by atoms with Crippen molar-refractivity contribution in [3.8, 4) is 0 Å². The maximum Gasteiger partial charge on any atom is 0.246 e. The molecule has 2 bridgehead atoms. The van der Waals surface area contributed by atoms with Crippen molar-refractivity contribution in [2.45, 2.75) is 89.1 Å². The van der Waals surface area contributed by atoms with Crippen molar-refractivity contribution in [2.75, 3.05) is 13.2 Å². The van der Waals surface area contributed by atoms with Gasteiger partial charge in [0.1, 0.15) is 11.6 Å². The molecule has 1 spiro atoms. The molecule has 3 N–H and O–H groups in total. The molecule has 8 heteroatoms. The van der Waals surface area contributed by atoms with Gasteiger partial charge in [-0.15, -0.1) is 0 Å². The van der Waals surface area contributed by atoms with Gasteiger partial charge < -0.3 is 25.4 Å². The van der Waals surface area contributed by atoms with E-state index >= 15 is 0 Å². The largest absolute Gasteiger partial charge is 0.394 e. The molecule has 1 aromatic carbocycles. The zero-order valence-corrected chi connectivity index (χ0v) is 21.3. The van der Waals surface area contributed by atoms with Gasteiger partial charge in [-0.25, -0.2) is 0 Å². The Balaban J connectivity index is 1.77. The van der Waals surface area contributed by atoms with Crippen LogP contribution in [0.3, 0.4) is 0 Å². The first-order valence-corrected chi connectivity index (χ1v) is 13.0. The Kier molecular flexibility index (Phi) is 7.25. The third-order valence-corrected chi connectivity index (χ3v) is 8.05. The number of benzene rings is 1. The second-order valence-electron chi connectivity index (χ2n) is 10.6. The van der Waals surface area contributed by atoms with E-state index in [9.17, 15) is 19.5 Å². The number of hydrogen-bond donors (Lipinski definition) is 3. The Morgan fingerprint density at radius 3 is 2.49 bits per heavy atom. The zero-order valence-electron chi connectivity index (χ0n) is 21.3. The molecule has 4 rings (SSSR count). The minimum absolute atomic E-state index is 0.126. The molecule has 192 valence electrons. The van der Waals surface area contributed by atoms with Gasteiger partial charge in [0.25, 0.3) is 0 Å². The van der Waals surface area contributed by atoms with Crippen LogP contribution >= 0.6 is 0 Å². The lowest BCUT2D eigenvalue weighted by atomic mass is 9.65. The van der Waals surface area contributed by atoms with E-state index in [0.29, 0.717) is 32.2 Å². The topological polar surface area (TPSA) is 108 Å². The quantitative estimate of drug-likeness (QED) is 0.468. The number of ether oxygens (including phenoxy) is 1. The summed E-state index contributed by atoms with van der Waals surface area (Å²) < 4.78 is 6.73. The van der Waals surface area contributed by atoms with Crippen molar-refractivity contribution in [3.63, 3.8) is 0 Å². The van der Waals surface area contributed by atoms with Crippen LogP contribution < -0.4 is 10.6 Å². The average molecular weight is 486 g/mol. The van der Waals surface area contributed by atoms with Gasteiger partial charge in [-0.3, -0.25) is 14.4 Å². The number of nitrogens with zero attached hydrogens (tertiary/aromatic N) is 1. The summed E-state index contributed by atoms with van der Waals surface area (Å²) in [6.07, 6.45) is 2.94. The normalized spacial score (nSPS) is 32.1. The van der Waals surface area contributed by atoms with E-state index in [1.165, 1.54) is 0 Å². The average Bonchev–Trinajstić information content (AvgIpc) is 3.45. The summed E-state index contributed by atoms with van der Waals surface area (Å²) in [4.78, 5) is 42.8. The predicted octanol–water partition coefficient (Wildman–Crippen LogP) is 1.80. The van der Waals surface area contributed by atoms with E-state index in [4.69, 9.17) is 4.74 Å². The van der Waals surface area contributed by atoms with Crippen molar-refractivity contribution < 1.29 is 24.2 Å². The molecule has 3 amide bonds. The molecule has 3 fully saturated rings. The first-order valence-electron chi connectivity index (χ1n) is 13.0. The molecule has 0 radical (unpaired) electrons. The van der Waals surface area contributed by atoms with E-state index in [2.05, 4.69) is 10.6 Å². The van der Waals surface area contributed by atoms with Crippen LogP contribution in [0.1, 0.15) is 58.9 Å². The second kappa shape index (κ2) is 9.90. The second-order valence-corrected chi connectivity index (χ2v) is 10.6. The lowest BCUT2D eigenvalue weighted by Gasteiger charge is -2.37. The van der Waals surface area contributed by atoms with Gasteiger partial charge >= 0.3 is 0 Å². The summed E-state index contributed by atoms with van der Waals surface area (Å²) in [5.74, 6) is -2.14. The smallest absolute Gasteiger partial charge is 0.246 e. The number of nitrogens with one attached hydrogen (secondary N) is 2. The molecule has 8 nitrogen and oxygen atoms in total. The molecular weight excluding hydrogens is 446 g/mol. The third-order valence-electron chi connectivity index (χ3n) is 8.05. The number of fused-ring (bicyclic) bond motifs is 1. The molecule has 6 atom stereocenters. The van der Waals surface area contributed by atoms with Crippen LogP contribution in [0, 0.1) is 11.8 Å². The van der Waals surface area contributed by atoms with Crippen LogP contribution in [-0.2, 0) is 25.5 Å². The number of aliphatic hydroxyl groups excluding tert-OH is 1. The molecule has 35 heavy (non-hydrogen) atoms. The van der Waals surface area contributed by atoms with Crippen molar-refractivity contribution >= 4 is 17.7 Å². The van der Waals surface area contributed by atoms with Gasteiger partial charge in [0, 0.05) is 12.6 Å². The lowest BCUT2D eigenvalue weighted by Crippen LogP contribution is -2.59. The molecule has 0 aromatic heterocycles. The molecule has 3 aliphatic heterocycles. The summed E-state index contributed by atoms with van der Waals surface area (Å²) >= 11 is 0. The number of rotatable bonds is 10. The Labute approximate surface area is 207 Å². The van der Waals surface area contributed by atoms with E-state index in [-0.39, 0.29) is 30.4 Å². The summed E-state index contributed by atoms with van der Waals surface area (Å²) in [5, 5.41) is 16.4. The van der Waals surface area contributed by atoms with Crippen molar-refractivity contribution in [1.29, 1.82) is 0 Å². The third kappa shape index (κ3) is 4.14. The number of likely N-dealkylation sites (tertiary alicyclic amines) is 1. The first kappa shape index (κ1) is 25.6. The standard InChI is InChI=1S/C27H39N3O5/c1-5-14-28-23(32)20-21-25(34)30(19(16-31)15-18-10-8-7-9-11-18)22(24(33)29-17(3)4)27(21)13-12-26(20,6-2)35-27/h7-11,17,19-22,31H,5-6,12-16H2,1-4H3,(H,28,32)(H,29,33)/t19-,20+,21+,22?,26-,27?/m1/s1. The SMILES string of the molecule is CCCNC(=O)[C@@H]1[C@H]2C(=O)N([C@@H](CO)Cc3ccccc3)C(C(=O)NC(C)C)C23CC[C@@]1(CC)O3. The van der Waals surface area contributed by atoms with Crippen LogP contribution in [0.5, 0.6) is 0 Å². The summed E-state index contributed by atoms with van der Waals surface area (Å²) in [6, 6.07) is 8.00. The number of carbonyl (C=O) groups is 3. The number of aliphatic hydroxyl groups is 1. The van der Waals surface area contributed by atoms with Crippen molar-refractivity contribution in [3.05, 3.63) is 35.9 Å². The number of hydrogen-bond acceptors (Lipinski definition) is 5. The highest BCUT2D eigenvalue weighted by atomic mass is 16.5. The molecule has 0 saturated carbocycles. The molecular formula is C27H39N3O5. The molecule has 0 aliphatic carbocycles. The predicted molar refractivity (Wildman–Crippen MR) is 131 cm³/mol. The van der Waals surface area contributed by atoms with Crippen molar-refractivity contribution in [2.24, 2.45) is 11.8 Å². The number of carbonyl (C=O) groups excluding carboxylic acids is 3. The van der Waals surface area contributed by atoms with E-state index in [0.717, 1.165) is 12.0 Å². The van der Waals surface area contributed by atoms with Crippen LogP contribution in [0.2, 0.25) is 0 Å². The van der Waals surface area contributed by atoms with E-state index in [1.54, 1.807) is 4.90 Å². The van der Waals surface area contributed by atoms with Crippen LogP contribution in [0.4, 0.5) is 0 Å².